The molecule has 1 fully saturated rings. The van der Waals surface area contributed by atoms with Gasteiger partial charge in [0.2, 0.25) is 0 Å². The van der Waals surface area contributed by atoms with Gasteiger partial charge in [-0.2, -0.15) is 0 Å². The summed E-state index contributed by atoms with van der Waals surface area (Å²) in [6, 6.07) is 0. The quantitative estimate of drug-likeness (QED) is 0.707. The molecule has 2 N–H and O–H groups in total. The monoisotopic (exact) mass is 346 g/mol. The number of nitrogens with one attached hydrogen (secondary N) is 2. The molecule has 1 aliphatic rings. The van der Waals surface area contributed by atoms with E-state index in [-0.39, 0.29) is 12.7 Å². The van der Waals surface area contributed by atoms with Crippen LogP contribution in [-0.4, -0.2) is 60.8 Å². The van der Waals surface area contributed by atoms with Crippen molar-refractivity contribution in [3.8, 4) is 0 Å². The second-order valence-corrected chi connectivity index (χ2v) is 8.46. The topological polar surface area (TPSA) is 106 Å². The third-order valence-electron chi connectivity index (χ3n) is 3.72. The molecule has 0 spiro atoms. The number of rotatable bonds is 5. The van der Waals surface area contributed by atoms with Gasteiger partial charge in [0.15, 0.2) is 6.23 Å². The van der Waals surface area contributed by atoms with E-state index in [0.717, 1.165) is 0 Å². The van der Waals surface area contributed by atoms with E-state index in [1.807, 2.05) is 0 Å². The highest BCUT2D eigenvalue weighted by Gasteiger charge is 2.27. The van der Waals surface area contributed by atoms with Crippen molar-refractivity contribution < 1.29 is 13.8 Å². The summed E-state index contributed by atoms with van der Waals surface area (Å²) >= 11 is 0. The van der Waals surface area contributed by atoms with E-state index < -0.39 is 25.0 Å². The van der Waals surface area contributed by atoms with Gasteiger partial charge in [0.05, 0.1) is 12.7 Å². The van der Waals surface area contributed by atoms with Gasteiger partial charge < -0.3 is 14.6 Å². The van der Waals surface area contributed by atoms with Crippen molar-refractivity contribution >= 4 is 7.52 Å². The highest BCUT2D eigenvalue weighted by atomic mass is 31.2. The van der Waals surface area contributed by atoms with Crippen molar-refractivity contribution in [2.45, 2.75) is 19.3 Å². The predicted octanol–water partition coefficient (Wildman–Crippen LogP) is -0.267. The molecule has 10 heteroatoms. The van der Waals surface area contributed by atoms with E-state index in [4.69, 9.17) is 9.26 Å². The van der Waals surface area contributed by atoms with Crippen LogP contribution in [0.15, 0.2) is 15.8 Å². The molecule has 0 aliphatic carbocycles. The Morgan fingerprint density at radius 3 is 2.78 bits per heavy atom. The Labute approximate surface area is 134 Å². The SMILES string of the molecule is Cc1cn([C@H]2CNC[C@@H](COP(C)(=O)N(C)C)O2)c(=O)[nH]c1=O. The second kappa shape index (κ2) is 7.11. The second-order valence-electron chi connectivity index (χ2n) is 5.80. The van der Waals surface area contributed by atoms with E-state index >= 15 is 0 Å². The van der Waals surface area contributed by atoms with Crippen LogP contribution in [0.4, 0.5) is 0 Å². The zero-order chi connectivity index (χ0) is 17.2. The van der Waals surface area contributed by atoms with Gasteiger partial charge >= 0.3 is 5.69 Å². The fourth-order valence-corrected chi connectivity index (χ4v) is 2.76. The molecule has 2 heterocycles. The molecule has 2 rings (SSSR count). The molecule has 9 nitrogen and oxygen atoms in total. The Kier molecular flexibility index (Phi) is 5.59. The maximum absolute atomic E-state index is 12.2. The molecule has 0 bridgehead atoms. The van der Waals surface area contributed by atoms with Gasteiger partial charge in [-0.15, -0.1) is 0 Å². The summed E-state index contributed by atoms with van der Waals surface area (Å²) in [5.41, 5.74) is -0.506. The minimum atomic E-state index is -2.84. The third kappa shape index (κ3) is 4.39. The van der Waals surface area contributed by atoms with E-state index in [0.29, 0.717) is 18.7 Å². The Morgan fingerprint density at radius 2 is 2.13 bits per heavy atom. The average Bonchev–Trinajstić information content (AvgIpc) is 2.49. The van der Waals surface area contributed by atoms with Gasteiger partial charge in [-0.1, -0.05) is 0 Å². The minimum Gasteiger partial charge on any atom is -0.350 e. The van der Waals surface area contributed by atoms with E-state index in [1.54, 1.807) is 21.0 Å². The zero-order valence-electron chi connectivity index (χ0n) is 13.7. The summed E-state index contributed by atoms with van der Waals surface area (Å²) in [5.74, 6) is 0. The van der Waals surface area contributed by atoms with Crippen LogP contribution >= 0.6 is 7.52 Å². The molecule has 1 unspecified atom stereocenters. The van der Waals surface area contributed by atoms with Crippen LogP contribution in [0, 0.1) is 6.92 Å². The lowest BCUT2D eigenvalue weighted by Crippen LogP contribution is -2.47. The van der Waals surface area contributed by atoms with E-state index in [2.05, 4.69) is 10.3 Å². The summed E-state index contributed by atoms with van der Waals surface area (Å²) in [6.45, 7) is 4.26. The minimum absolute atomic E-state index is 0.145. The van der Waals surface area contributed by atoms with E-state index in [9.17, 15) is 14.2 Å². The first-order valence-electron chi connectivity index (χ1n) is 7.29. The molecular weight excluding hydrogens is 323 g/mol. The first-order valence-corrected chi connectivity index (χ1v) is 9.31. The first-order chi connectivity index (χ1) is 10.7. The van der Waals surface area contributed by atoms with Crippen molar-refractivity contribution in [2.24, 2.45) is 0 Å². The van der Waals surface area contributed by atoms with Crippen molar-refractivity contribution in [1.29, 1.82) is 0 Å². The van der Waals surface area contributed by atoms with Crippen molar-refractivity contribution in [3.63, 3.8) is 0 Å². The fraction of sp³-hybridized carbons (Fsp3) is 0.692. The molecule has 1 aromatic rings. The van der Waals surface area contributed by atoms with Crippen LogP contribution in [0.5, 0.6) is 0 Å². The molecule has 1 aromatic heterocycles. The standard InChI is InChI=1S/C13H23N4O5P/c1-9-7-17(13(19)15-12(9)18)11-6-14-5-10(22-11)8-21-23(4,20)16(2)3/h7,10-11,14H,5-6,8H2,1-4H3,(H,15,18,19)/t10-,11+,23?/m0/s1. The molecule has 3 atom stereocenters. The molecule has 0 aromatic carbocycles. The summed E-state index contributed by atoms with van der Waals surface area (Å²) in [5, 5.41) is 3.15. The first kappa shape index (κ1) is 18.1. The molecule has 0 radical (unpaired) electrons. The molecule has 1 saturated heterocycles. The summed E-state index contributed by atoms with van der Waals surface area (Å²) in [6.07, 6.45) is 0.568. The maximum atomic E-state index is 12.2. The smallest absolute Gasteiger partial charge is 0.330 e. The lowest BCUT2D eigenvalue weighted by Gasteiger charge is -2.32. The number of hydrogen-bond donors (Lipinski definition) is 2. The van der Waals surface area contributed by atoms with Gasteiger partial charge in [0.25, 0.3) is 13.1 Å². The van der Waals surface area contributed by atoms with Crippen molar-refractivity contribution in [3.05, 3.63) is 32.6 Å². The Morgan fingerprint density at radius 1 is 1.43 bits per heavy atom. The normalized spacial score (nSPS) is 24.6. The molecular formula is C13H23N4O5P. The van der Waals surface area contributed by atoms with Crippen LogP contribution in [0.1, 0.15) is 11.8 Å². The van der Waals surface area contributed by atoms with Crippen LogP contribution < -0.4 is 16.6 Å². The molecule has 0 amide bonds. The Hall–Kier alpha value is -1.25. The number of aromatic nitrogens is 2. The number of H-pyrrole nitrogens is 1. The third-order valence-corrected chi connectivity index (χ3v) is 5.80. The van der Waals surface area contributed by atoms with Crippen LogP contribution in [0.25, 0.3) is 0 Å². The van der Waals surface area contributed by atoms with Crippen LogP contribution in [-0.2, 0) is 13.8 Å². The molecule has 1 aliphatic heterocycles. The summed E-state index contributed by atoms with van der Waals surface area (Å²) in [4.78, 5) is 25.6. The number of ether oxygens (including phenoxy) is 1. The highest BCUT2D eigenvalue weighted by Crippen LogP contribution is 2.44. The zero-order valence-corrected chi connectivity index (χ0v) is 14.6. The van der Waals surface area contributed by atoms with Gasteiger partial charge in [0.1, 0.15) is 0 Å². The van der Waals surface area contributed by atoms with Crippen LogP contribution in [0.2, 0.25) is 0 Å². The maximum Gasteiger partial charge on any atom is 0.330 e. The number of hydrogen-bond acceptors (Lipinski definition) is 6. The van der Waals surface area contributed by atoms with E-state index in [1.165, 1.54) is 22.1 Å². The van der Waals surface area contributed by atoms with Gasteiger partial charge in [-0.3, -0.25) is 18.9 Å². The molecule has 130 valence electrons. The average molecular weight is 346 g/mol. The number of nitrogens with zero attached hydrogens (tertiary/aromatic N) is 2. The van der Waals surface area contributed by atoms with Gasteiger partial charge in [-0.25, -0.2) is 9.46 Å². The fourth-order valence-electron chi connectivity index (χ4n) is 2.09. The number of aryl methyl sites for hydroxylation is 1. The number of morpholine rings is 1. The molecule has 23 heavy (non-hydrogen) atoms. The van der Waals surface area contributed by atoms with Crippen molar-refractivity contribution in [1.82, 2.24) is 19.5 Å². The summed E-state index contributed by atoms with van der Waals surface area (Å²) in [7, 11) is 0.536. The number of aromatic amines is 1. The highest BCUT2D eigenvalue weighted by molar-refractivity contribution is 7.55. The summed E-state index contributed by atoms with van der Waals surface area (Å²) < 4.78 is 26.4. The lowest BCUT2D eigenvalue weighted by atomic mass is 10.3. The van der Waals surface area contributed by atoms with Gasteiger partial charge in [-0.05, 0) is 21.0 Å². The largest absolute Gasteiger partial charge is 0.350 e. The van der Waals surface area contributed by atoms with Gasteiger partial charge in [0, 0.05) is 31.5 Å². The Bertz CT molecular complexity index is 713. The lowest BCUT2D eigenvalue weighted by molar-refractivity contribution is -0.0935. The predicted molar refractivity (Wildman–Crippen MR) is 86.0 cm³/mol. The Balaban J connectivity index is 2.07. The van der Waals surface area contributed by atoms with Crippen molar-refractivity contribution in [2.75, 3.05) is 40.5 Å². The molecule has 0 saturated carbocycles. The van der Waals surface area contributed by atoms with Crippen LogP contribution in [0.3, 0.4) is 0 Å².